The highest BCUT2D eigenvalue weighted by Gasteiger charge is 2.23. The molecule has 1 aliphatic rings. The molecule has 1 N–H and O–H groups in total. The largest absolute Gasteiger partial charge is 0.490 e. The van der Waals surface area contributed by atoms with Crippen LogP contribution >= 0.6 is 0 Å². The first kappa shape index (κ1) is 14.8. The highest BCUT2D eigenvalue weighted by molar-refractivity contribution is 5.44. The molecule has 5 nitrogen and oxygen atoms in total. The zero-order valence-electron chi connectivity index (χ0n) is 11.9. The Hall–Kier alpha value is -1.62. The predicted octanol–water partition coefficient (Wildman–Crippen LogP) is 3.61. The molecule has 0 aromatic heterocycles. The van der Waals surface area contributed by atoms with E-state index in [-0.39, 0.29) is 11.8 Å². The molecule has 1 aromatic carbocycles. The van der Waals surface area contributed by atoms with E-state index in [1.54, 1.807) is 13.0 Å². The van der Waals surface area contributed by atoms with E-state index in [2.05, 4.69) is 6.92 Å². The molecule has 2 rings (SSSR count). The van der Waals surface area contributed by atoms with Crippen molar-refractivity contribution in [2.24, 2.45) is 5.92 Å². The first-order chi connectivity index (χ1) is 9.47. The molecule has 0 radical (unpaired) electrons. The molecule has 20 heavy (non-hydrogen) atoms. The molecule has 0 bridgehead atoms. The Morgan fingerprint density at radius 2 is 2.20 bits per heavy atom. The van der Waals surface area contributed by atoms with Gasteiger partial charge < -0.3 is 9.84 Å². The van der Waals surface area contributed by atoms with Crippen molar-refractivity contribution in [2.45, 2.75) is 51.7 Å². The number of hydrogen-bond acceptors (Lipinski definition) is 4. The number of nitro groups is 1. The number of benzene rings is 1. The van der Waals surface area contributed by atoms with Crippen molar-refractivity contribution in [3.63, 3.8) is 0 Å². The summed E-state index contributed by atoms with van der Waals surface area (Å²) in [7, 11) is 0. The monoisotopic (exact) mass is 279 g/mol. The van der Waals surface area contributed by atoms with Crippen molar-refractivity contribution in [2.75, 3.05) is 0 Å². The fourth-order valence-electron chi connectivity index (χ4n) is 2.75. The fraction of sp³-hybridized carbons (Fsp3) is 0.600. The van der Waals surface area contributed by atoms with E-state index in [1.165, 1.54) is 18.6 Å². The molecule has 1 fully saturated rings. The van der Waals surface area contributed by atoms with Crippen LogP contribution < -0.4 is 4.74 Å². The van der Waals surface area contributed by atoms with Gasteiger partial charge in [-0.25, -0.2) is 0 Å². The van der Waals surface area contributed by atoms with Crippen LogP contribution in [0, 0.1) is 16.0 Å². The minimum atomic E-state index is -0.786. The zero-order valence-corrected chi connectivity index (χ0v) is 11.9. The van der Waals surface area contributed by atoms with E-state index in [0.29, 0.717) is 17.2 Å². The Labute approximate surface area is 118 Å². The summed E-state index contributed by atoms with van der Waals surface area (Å²) < 4.78 is 5.97. The predicted molar refractivity (Wildman–Crippen MR) is 75.8 cm³/mol. The number of nitrogens with zero attached hydrogens (tertiary/aromatic N) is 1. The average Bonchev–Trinajstić information content (AvgIpc) is 2.38. The van der Waals surface area contributed by atoms with Crippen LogP contribution in [0.15, 0.2) is 18.2 Å². The van der Waals surface area contributed by atoms with Gasteiger partial charge in [-0.3, -0.25) is 10.1 Å². The molecule has 5 heteroatoms. The number of aliphatic hydroxyl groups is 1. The van der Waals surface area contributed by atoms with Gasteiger partial charge in [-0.1, -0.05) is 13.3 Å². The van der Waals surface area contributed by atoms with E-state index in [0.717, 1.165) is 19.3 Å². The summed E-state index contributed by atoms with van der Waals surface area (Å²) in [5.41, 5.74) is 0.461. The highest BCUT2D eigenvalue weighted by atomic mass is 16.6. The lowest BCUT2D eigenvalue weighted by atomic mass is 9.88. The van der Waals surface area contributed by atoms with E-state index >= 15 is 0 Å². The number of hydrogen-bond donors (Lipinski definition) is 1. The number of ether oxygens (including phenoxy) is 1. The van der Waals surface area contributed by atoms with Crippen LogP contribution in [-0.4, -0.2) is 16.1 Å². The quantitative estimate of drug-likeness (QED) is 0.675. The van der Waals surface area contributed by atoms with Crippen molar-refractivity contribution in [1.82, 2.24) is 0 Å². The molecule has 1 aromatic rings. The first-order valence-corrected chi connectivity index (χ1v) is 7.10. The number of aliphatic hydroxyl groups excluding tert-OH is 1. The second-order valence-corrected chi connectivity index (χ2v) is 5.67. The van der Waals surface area contributed by atoms with Crippen LogP contribution in [0.4, 0.5) is 5.69 Å². The summed E-state index contributed by atoms with van der Waals surface area (Å²) >= 11 is 0. The summed E-state index contributed by atoms with van der Waals surface area (Å²) in [5, 5.41) is 20.6. The normalized spacial score (nSPS) is 24.1. The summed E-state index contributed by atoms with van der Waals surface area (Å²) in [6.45, 7) is 3.80. The highest BCUT2D eigenvalue weighted by Crippen LogP contribution is 2.33. The molecule has 2 unspecified atom stereocenters. The van der Waals surface area contributed by atoms with Gasteiger partial charge in [0.15, 0.2) is 0 Å². The van der Waals surface area contributed by atoms with Crippen LogP contribution in [0.5, 0.6) is 5.75 Å². The maximum absolute atomic E-state index is 10.8. The number of non-ortho nitro benzene ring substituents is 1. The molecule has 110 valence electrons. The van der Waals surface area contributed by atoms with Crippen molar-refractivity contribution in [3.05, 3.63) is 33.9 Å². The zero-order chi connectivity index (χ0) is 14.7. The number of rotatable bonds is 4. The Morgan fingerprint density at radius 3 is 2.80 bits per heavy atom. The molecular weight excluding hydrogens is 258 g/mol. The lowest BCUT2D eigenvalue weighted by Gasteiger charge is -2.28. The van der Waals surface area contributed by atoms with Crippen molar-refractivity contribution >= 4 is 5.69 Å². The smallest absolute Gasteiger partial charge is 0.270 e. The minimum absolute atomic E-state index is 0.0229. The molecule has 0 saturated heterocycles. The summed E-state index contributed by atoms with van der Waals surface area (Å²) in [6, 6.07) is 4.42. The van der Waals surface area contributed by atoms with Crippen molar-refractivity contribution < 1.29 is 14.8 Å². The lowest BCUT2D eigenvalue weighted by Crippen LogP contribution is -2.24. The van der Waals surface area contributed by atoms with Crippen LogP contribution in [0.1, 0.15) is 51.2 Å². The second-order valence-electron chi connectivity index (χ2n) is 5.67. The third-order valence-corrected chi connectivity index (χ3v) is 3.84. The Kier molecular flexibility index (Phi) is 4.60. The van der Waals surface area contributed by atoms with E-state index in [4.69, 9.17) is 4.74 Å². The molecule has 0 spiro atoms. The number of nitro benzene ring substituents is 1. The van der Waals surface area contributed by atoms with Gasteiger partial charge in [0.2, 0.25) is 0 Å². The molecule has 0 heterocycles. The van der Waals surface area contributed by atoms with Gasteiger partial charge >= 0.3 is 0 Å². The lowest BCUT2D eigenvalue weighted by molar-refractivity contribution is -0.385. The minimum Gasteiger partial charge on any atom is -0.490 e. The third-order valence-electron chi connectivity index (χ3n) is 3.84. The van der Waals surface area contributed by atoms with Crippen LogP contribution in [0.25, 0.3) is 0 Å². The van der Waals surface area contributed by atoms with Gasteiger partial charge in [0.05, 0.1) is 17.1 Å². The maximum atomic E-state index is 10.8. The van der Waals surface area contributed by atoms with E-state index < -0.39 is 11.0 Å². The van der Waals surface area contributed by atoms with Crippen molar-refractivity contribution in [3.8, 4) is 5.75 Å². The molecular formula is C15H21NO4. The molecule has 0 amide bonds. The Balaban J connectivity index is 2.20. The molecule has 1 aliphatic carbocycles. The Bertz CT molecular complexity index is 487. The van der Waals surface area contributed by atoms with Crippen LogP contribution in [0.3, 0.4) is 0 Å². The van der Waals surface area contributed by atoms with Gasteiger partial charge in [0.1, 0.15) is 5.75 Å². The van der Waals surface area contributed by atoms with Crippen LogP contribution in [0.2, 0.25) is 0 Å². The first-order valence-electron chi connectivity index (χ1n) is 7.10. The van der Waals surface area contributed by atoms with E-state index in [9.17, 15) is 15.2 Å². The van der Waals surface area contributed by atoms with Crippen LogP contribution in [-0.2, 0) is 0 Å². The van der Waals surface area contributed by atoms with Gasteiger partial charge in [0.25, 0.3) is 5.69 Å². The molecule has 3 atom stereocenters. The van der Waals surface area contributed by atoms with Gasteiger partial charge in [0, 0.05) is 17.7 Å². The average molecular weight is 279 g/mol. The molecule has 0 aliphatic heterocycles. The SMILES string of the molecule is CC1CCCC(Oc2ccc([N+](=O)[O-])cc2[C@@H](C)O)C1. The summed E-state index contributed by atoms with van der Waals surface area (Å²) in [4.78, 5) is 10.3. The molecule has 1 saturated carbocycles. The van der Waals surface area contributed by atoms with Crippen molar-refractivity contribution in [1.29, 1.82) is 0 Å². The van der Waals surface area contributed by atoms with Gasteiger partial charge in [-0.2, -0.15) is 0 Å². The summed E-state index contributed by atoms with van der Waals surface area (Å²) in [6.07, 6.45) is 3.71. The maximum Gasteiger partial charge on any atom is 0.270 e. The van der Waals surface area contributed by atoms with Gasteiger partial charge in [-0.15, -0.1) is 0 Å². The van der Waals surface area contributed by atoms with E-state index in [1.807, 2.05) is 0 Å². The second kappa shape index (κ2) is 6.22. The standard InChI is InChI=1S/C15H21NO4/c1-10-4-3-5-13(8-10)20-15-7-6-12(16(18)19)9-14(15)11(2)17/h6-7,9-11,13,17H,3-5,8H2,1-2H3/t10?,11-,13?/m1/s1. The topological polar surface area (TPSA) is 72.6 Å². The Morgan fingerprint density at radius 1 is 1.45 bits per heavy atom. The summed E-state index contributed by atoms with van der Waals surface area (Å²) in [5.74, 6) is 1.20. The fourth-order valence-corrected chi connectivity index (χ4v) is 2.75. The third kappa shape index (κ3) is 3.48. The van der Waals surface area contributed by atoms with Gasteiger partial charge in [-0.05, 0) is 38.2 Å².